The highest BCUT2D eigenvalue weighted by Gasteiger charge is 2.12. The third-order valence-corrected chi connectivity index (χ3v) is 3.59. The Hall–Kier alpha value is -1.46. The van der Waals surface area contributed by atoms with Crippen molar-refractivity contribution in [3.63, 3.8) is 0 Å². The van der Waals surface area contributed by atoms with Gasteiger partial charge in [0.05, 0.1) is 5.69 Å². The number of hydrogen-bond acceptors (Lipinski definition) is 5. The van der Waals surface area contributed by atoms with E-state index in [4.69, 9.17) is 0 Å². The van der Waals surface area contributed by atoms with Crippen LogP contribution in [-0.2, 0) is 0 Å². The van der Waals surface area contributed by atoms with Gasteiger partial charge in [-0.05, 0) is 11.4 Å². The number of rotatable bonds is 2. The minimum Gasteiger partial charge on any atom is -0.354 e. The highest BCUT2D eigenvalue weighted by Crippen LogP contribution is 2.22. The van der Waals surface area contributed by atoms with Gasteiger partial charge >= 0.3 is 0 Å². The molecule has 3 heterocycles. The van der Waals surface area contributed by atoms with E-state index in [0.29, 0.717) is 0 Å². The second kappa shape index (κ2) is 4.81. The number of nitrogens with one attached hydrogen (secondary N) is 1. The molecule has 5 heteroatoms. The lowest BCUT2D eigenvalue weighted by atomic mass is 10.2. The van der Waals surface area contributed by atoms with E-state index in [-0.39, 0.29) is 0 Å². The van der Waals surface area contributed by atoms with Gasteiger partial charge in [0.25, 0.3) is 0 Å². The number of piperazine rings is 1. The first-order valence-corrected chi connectivity index (χ1v) is 6.68. The molecule has 0 radical (unpaired) electrons. The molecule has 88 valence electrons. The average molecular weight is 246 g/mol. The predicted octanol–water partition coefficient (Wildman–Crippen LogP) is 1.61. The molecule has 1 N–H and O–H groups in total. The summed E-state index contributed by atoms with van der Waals surface area (Å²) in [6, 6.07) is 4.17. The van der Waals surface area contributed by atoms with Crippen molar-refractivity contribution in [3.05, 3.63) is 29.2 Å². The van der Waals surface area contributed by atoms with Crippen molar-refractivity contribution in [2.45, 2.75) is 0 Å². The van der Waals surface area contributed by atoms with E-state index in [1.165, 1.54) is 5.56 Å². The van der Waals surface area contributed by atoms with E-state index in [1.807, 2.05) is 0 Å². The van der Waals surface area contributed by atoms with Crippen LogP contribution in [0.2, 0.25) is 0 Å². The summed E-state index contributed by atoms with van der Waals surface area (Å²) in [6.07, 6.45) is 1.66. The maximum Gasteiger partial charge on any atom is 0.132 e. The summed E-state index contributed by atoms with van der Waals surface area (Å²) in [5.74, 6) is 1.03. The molecule has 0 bridgehead atoms. The van der Waals surface area contributed by atoms with Crippen LogP contribution in [0.3, 0.4) is 0 Å². The molecule has 1 aliphatic heterocycles. The number of hydrogen-bond donors (Lipinski definition) is 1. The van der Waals surface area contributed by atoms with Crippen molar-refractivity contribution in [2.24, 2.45) is 0 Å². The number of anilines is 1. The molecule has 0 atom stereocenters. The topological polar surface area (TPSA) is 41.1 Å². The zero-order valence-corrected chi connectivity index (χ0v) is 10.3. The van der Waals surface area contributed by atoms with Crippen LogP contribution in [0.1, 0.15) is 0 Å². The van der Waals surface area contributed by atoms with Crippen LogP contribution < -0.4 is 10.2 Å². The van der Waals surface area contributed by atoms with E-state index >= 15 is 0 Å². The molecule has 0 aromatic carbocycles. The van der Waals surface area contributed by atoms with Crippen molar-refractivity contribution in [3.8, 4) is 11.3 Å². The fourth-order valence-electron chi connectivity index (χ4n) is 1.98. The monoisotopic (exact) mass is 246 g/mol. The summed E-state index contributed by atoms with van der Waals surface area (Å²) in [5.41, 5.74) is 2.18. The number of thiophene rings is 1. The molecule has 4 nitrogen and oxygen atoms in total. The summed E-state index contributed by atoms with van der Waals surface area (Å²) < 4.78 is 0. The van der Waals surface area contributed by atoms with Crippen molar-refractivity contribution < 1.29 is 0 Å². The summed E-state index contributed by atoms with van der Waals surface area (Å²) in [5, 5.41) is 7.53. The quantitative estimate of drug-likeness (QED) is 0.874. The zero-order chi connectivity index (χ0) is 11.5. The molecule has 0 spiro atoms. The Bertz CT molecular complexity index is 477. The van der Waals surface area contributed by atoms with Crippen LogP contribution in [-0.4, -0.2) is 36.1 Å². The Morgan fingerprint density at radius 1 is 1.24 bits per heavy atom. The van der Waals surface area contributed by atoms with E-state index < -0.39 is 0 Å². The highest BCUT2D eigenvalue weighted by atomic mass is 32.1. The Morgan fingerprint density at radius 3 is 2.88 bits per heavy atom. The second-order valence-corrected chi connectivity index (χ2v) is 4.79. The van der Waals surface area contributed by atoms with Crippen LogP contribution in [0.5, 0.6) is 0 Å². The van der Waals surface area contributed by atoms with Gasteiger partial charge in [0.1, 0.15) is 12.1 Å². The Morgan fingerprint density at radius 2 is 2.12 bits per heavy atom. The predicted molar refractivity (Wildman–Crippen MR) is 70.4 cm³/mol. The molecule has 2 aromatic rings. The second-order valence-electron chi connectivity index (χ2n) is 4.01. The summed E-state index contributed by atoms with van der Waals surface area (Å²) >= 11 is 1.69. The molecule has 1 fully saturated rings. The number of aromatic nitrogens is 2. The minimum absolute atomic E-state index is 1.01. The third kappa shape index (κ3) is 2.30. The van der Waals surface area contributed by atoms with Crippen molar-refractivity contribution >= 4 is 17.2 Å². The Kier molecular flexibility index (Phi) is 3.02. The first-order chi connectivity index (χ1) is 8.43. The van der Waals surface area contributed by atoms with Gasteiger partial charge in [-0.25, -0.2) is 9.97 Å². The summed E-state index contributed by atoms with van der Waals surface area (Å²) in [4.78, 5) is 11.0. The van der Waals surface area contributed by atoms with Crippen LogP contribution in [0, 0.1) is 0 Å². The standard InChI is InChI=1S/C12H14N4S/c1-6-17-8-10(1)11-7-12(15-9-14-11)16-4-2-13-3-5-16/h1,6-9,13H,2-5H2. The maximum atomic E-state index is 4.36. The van der Waals surface area contributed by atoms with Crippen LogP contribution in [0.15, 0.2) is 29.2 Å². The van der Waals surface area contributed by atoms with Gasteiger partial charge in [-0.3, -0.25) is 0 Å². The van der Waals surface area contributed by atoms with Gasteiger partial charge in [-0.1, -0.05) is 0 Å². The van der Waals surface area contributed by atoms with Gasteiger partial charge in [-0.15, -0.1) is 0 Å². The molecular formula is C12H14N4S. The molecule has 0 amide bonds. The van der Waals surface area contributed by atoms with Gasteiger partial charge < -0.3 is 10.2 Å². The maximum absolute atomic E-state index is 4.36. The zero-order valence-electron chi connectivity index (χ0n) is 9.47. The normalized spacial score (nSPS) is 16.1. The van der Waals surface area contributed by atoms with E-state index in [0.717, 1.165) is 37.7 Å². The van der Waals surface area contributed by atoms with Crippen molar-refractivity contribution in [2.75, 3.05) is 31.1 Å². The molecular weight excluding hydrogens is 232 g/mol. The average Bonchev–Trinajstić information content (AvgIpc) is 2.94. The first-order valence-electron chi connectivity index (χ1n) is 5.74. The van der Waals surface area contributed by atoms with Crippen LogP contribution >= 0.6 is 11.3 Å². The molecule has 2 aromatic heterocycles. The molecule has 0 unspecified atom stereocenters. The summed E-state index contributed by atoms with van der Waals surface area (Å²) in [7, 11) is 0. The van der Waals surface area contributed by atoms with Gasteiger partial charge in [0, 0.05) is 43.2 Å². The lowest BCUT2D eigenvalue weighted by molar-refractivity contribution is 0.584. The van der Waals surface area contributed by atoms with Gasteiger partial charge in [0.15, 0.2) is 0 Å². The smallest absolute Gasteiger partial charge is 0.132 e. The Balaban J connectivity index is 1.88. The van der Waals surface area contributed by atoms with Gasteiger partial charge in [-0.2, -0.15) is 11.3 Å². The molecule has 1 aliphatic rings. The lowest BCUT2D eigenvalue weighted by Gasteiger charge is -2.28. The molecule has 0 aliphatic carbocycles. The first kappa shape index (κ1) is 10.7. The van der Waals surface area contributed by atoms with Crippen molar-refractivity contribution in [1.29, 1.82) is 0 Å². The fraction of sp³-hybridized carbons (Fsp3) is 0.333. The SMILES string of the molecule is c1nc(-c2ccsc2)cc(N2CCNCC2)n1. The van der Waals surface area contributed by atoms with Crippen LogP contribution in [0.25, 0.3) is 11.3 Å². The number of nitrogens with zero attached hydrogens (tertiary/aromatic N) is 3. The van der Waals surface area contributed by atoms with E-state index in [1.54, 1.807) is 17.7 Å². The highest BCUT2D eigenvalue weighted by molar-refractivity contribution is 7.08. The third-order valence-electron chi connectivity index (χ3n) is 2.91. The van der Waals surface area contributed by atoms with Crippen molar-refractivity contribution in [1.82, 2.24) is 15.3 Å². The fourth-order valence-corrected chi connectivity index (χ4v) is 2.63. The molecule has 1 saturated heterocycles. The minimum atomic E-state index is 1.01. The Labute approximate surface area is 104 Å². The van der Waals surface area contributed by atoms with Gasteiger partial charge in [0.2, 0.25) is 0 Å². The molecule has 0 saturated carbocycles. The summed E-state index contributed by atoms with van der Waals surface area (Å²) in [6.45, 7) is 4.08. The van der Waals surface area contributed by atoms with E-state index in [9.17, 15) is 0 Å². The van der Waals surface area contributed by atoms with E-state index in [2.05, 4.69) is 43.1 Å². The molecule has 3 rings (SSSR count). The lowest BCUT2D eigenvalue weighted by Crippen LogP contribution is -2.43. The van der Waals surface area contributed by atoms with Crippen LogP contribution in [0.4, 0.5) is 5.82 Å². The molecule has 17 heavy (non-hydrogen) atoms. The largest absolute Gasteiger partial charge is 0.354 e.